The zero-order valence-corrected chi connectivity index (χ0v) is 29.3. The summed E-state index contributed by atoms with van der Waals surface area (Å²) < 4.78 is 1.01. The fraction of sp³-hybridized carbons (Fsp3) is 0.650. The number of quaternary nitrogens is 1. The standard InChI is InChI=1S/C33H60NO.C7H6O3/c1-5-7-9-11-12-13-14-15-16-17-18-19-21-23-28-34(3,4)30-31-25-24-26-32(29-31)33(35)27-22-20-10-8-6-2;8-6-4-2-1-3-5(6)7(9)10/h24-26,29H,5-23,27-28,30H2,1-4H3;1-4,8H,(H,9,10)/q+1;/p-1. The van der Waals surface area contributed by atoms with E-state index in [1.54, 1.807) is 0 Å². The van der Waals surface area contributed by atoms with Gasteiger partial charge < -0.3 is 14.7 Å². The number of unbranched alkanes of at least 4 members (excludes halogenated alkanes) is 17. The number of carboxylic acid groups (broad SMARTS) is 1. The van der Waals surface area contributed by atoms with E-state index in [0.29, 0.717) is 12.2 Å². The van der Waals surface area contributed by atoms with E-state index in [1.807, 2.05) is 6.07 Å². The summed E-state index contributed by atoms with van der Waals surface area (Å²) in [7, 11) is 4.68. The van der Waals surface area contributed by atoms with Crippen LogP contribution >= 0.6 is 0 Å². The lowest BCUT2D eigenvalue weighted by Crippen LogP contribution is -2.39. The maximum atomic E-state index is 12.6. The molecule has 0 aliphatic heterocycles. The molecule has 1 N–H and O–H groups in total. The second-order valence-corrected chi connectivity index (χ2v) is 13.5. The fourth-order valence-corrected chi connectivity index (χ4v) is 5.83. The molecule has 2 rings (SSSR count). The number of benzene rings is 2. The van der Waals surface area contributed by atoms with Gasteiger partial charge in [0.05, 0.1) is 26.2 Å². The van der Waals surface area contributed by atoms with Crippen molar-refractivity contribution in [2.75, 3.05) is 20.6 Å². The van der Waals surface area contributed by atoms with Crippen LogP contribution in [0.5, 0.6) is 5.75 Å². The van der Waals surface area contributed by atoms with Crippen molar-refractivity contribution in [2.24, 2.45) is 0 Å². The van der Waals surface area contributed by atoms with Crippen LogP contribution < -0.4 is 5.11 Å². The largest absolute Gasteiger partial charge is 0.872 e. The molecule has 0 aromatic heterocycles. The summed E-state index contributed by atoms with van der Waals surface area (Å²) in [6.45, 7) is 6.75. The van der Waals surface area contributed by atoms with Gasteiger partial charge in [0, 0.05) is 17.5 Å². The van der Waals surface area contributed by atoms with Crippen LogP contribution in [0.1, 0.15) is 169 Å². The van der Waals surface area contributed by atoms with E-state index >= 15 is 0 Å². The van der Waals surface area contributed by atoms with Gasteiger partial charge in [-0.2, -0.15) is 0 Å². The predicted octanol–water partition coefficient (Wildman–Crippen LogP) is 10.7. The minimum Gasteiger partial charge on any atom is -0.872 e. The first-order valence-corrected chi connectivity index (χ1v) is 18.1. The number of ketones is 1. The number of carboxylic acids is 1. The predicted molar refractivity (Wildman–Crippen MR) is 188 cm³/mol. The first kappa shape index (κ1) is 40.4. The molecule has 0 fully saturated rings. The maximum Gasteiger partial charge on any atom is 0.335 e. The number of rotatable bonds is 25. The molecule has 2 aromatic rings. The van der Waals surface area contributed by atoms with E-state index in [1.165, 1.54) is 152 Å². The molecule has 0 saturated heterocycles. The quantitative estimate of drug-likeness (QED) is 0.0678. The van der Waals surface area contributed by atoms with Crippen LogP contribution in [0.2, 0.25) is 0 Å². The molecular formula is C40H65NO4. The summed E-state index contributed by atoms with van der Waals surface area (Å²) >= 11 is 0. The summed E-state index contributed by atoms with van der Waals surface area (Å²) in [5.74, 6) is -1.30. The first-order valence-electron chi connectivity index (χ1n) is 18.1. The molecule has 0 atom stereocenters. The molecular weight excluding hydrogens is 558 g/mol. The molecule has 0 unspecified atom stereocenters. The molecule has 0 saturated carbocycles. The lowest BCUT2D eigenvalue weighted by Gasteiger charge is -2.30. The SMILES string of the molecule is CCCCCCCCCCCCCCCC[N+](C)(C)Cc1cccc(C(=O)CCCCCCC)c1.O=C(O)c1ccccc1[O-]. The third-order valence-electron chi connectivity index (χ3n) is 8.60. The van der Waals surface area contributed by atoms with Crippen molar-refractivity contribution in [1.29, 1.82) is 0 Å². The molecule has 0 radical (unpaired) electrons. The molecule has 0 aliphatic carbocycles. The molecule has 0 spiro atoms. The Balaban J connectivity index is 0.000000852. The van der Waals surface area contributed by atoms with Gasteiger partial charge in [-0.25, -0.2) is 4.79 Å². The number of hydrogen-bond donors (Lipinski definition) is 1. The lowest BCUT2D eigenvalue weighted by molar-refractivity contribution is -0.903. The molecule has 45 heavy (non-hydrogen) atoms. The molecule has 0 heterocycles. The van der Waals surface area contributed by atoms with Gasteiger partial charge in [0.1, 0.15) is 6.54 Å². The van der Waals surface area contributed by atoms with Crippen LogP contribution in [0, 0.1) is 0 Å². The Labute approximate surface area is 276 Å². The summed E-state index contributed by atoms with van der Waals surface area (Å²) in [6, 6.07) is 14.0. The van der Waals surface area contributed by atoms with Crippen LogP contribution in [0.25, 0.3) is 0 Å². The van der Waals surface area contributed by atoms with Crippen LogP contribution in [-0.2, 0) is 6.54 Å². The van der Waals surface area contributed by atoms with E-state index in [4.69, 9.17) is 5.11 Å². The van der Waals surface area contributed by atoms with Gasteiger partial charge in [-0.15, -0.1) is 0 Å². The van der Waals surface area contributed by atoms with Crippen LogP contribution in [0.3, 0.4) is 0 Å². The Morgan fingerprint density at radius 2 is 1.13 bits per heavy atom. The Morgan fingerprint density at radius 3 is 1.62 bits per heavy atom. The van der Waals surface area contributed by atoms with Crippen molar-refractivity contribution < 1.29 is 24.3 Å². The van der Waals surface area contributed by atoms with Gasteiger partial charge in [0.15, 0.2) is 5.78 Å². The maximum absolute atomic E-state index is 12.6. The summed E-state index contributed by atoms with van der Waals surface area (Å²) in [5.41, 5.74) is 2.04. The highest BCUT2D eigenvalue weighted by Gasteiger charge is 2.16. The van der Waals surface area contributed by atoms with Gasteiger partial charge in [-0.05, 0) is 31.4 Å². The van der Waals surface area contributed by atoms with Gasteiger partial charge in [-0.1, -0.05) is 159 Å². The number of aromatic carboxylic acids is 1. The molecule has 5 heteroatoms. The zero-order valence-electron chi connectivity index (χ0n) is 29.3. The molecule has 2 aromatic carbocycles. The fourth-order valence-electron chi connectivity index (χ4n) is 5.83. The highest BCUT2D eigenvalue weighted by atomic mass is 16.4. The minimum absolute atomic E-state index is 0.178. The van der Waals surface area contributed by atoms with Crippen molar-refractivity contribution in [1.82, 2.24) is 0 Å². The second kappa shape index (κ2) is 25.5. The van der Waals surface area contributed by atoms with E-state index < -0.39 is 11.7 Å². The highest BCUT2D eigenvalue weighted by molar-refractivity contribution is 5.96. The van der Waals surface area contributed by atoms with Crippen LogP contribution in [0.4, 0.5) is 0 Å². The van der Waals surface area contributed by atoms with Crippen LogP contribution in [-0.4, -0.2) is 42.0 Å². The summed E-state index contributed by atoms with van der Waals surface area (Å²) in [6.07, 6.45) is 26.5. The molecule has 254 valence electrons. The Kier molecular flexibility index (Phi) is 22.9. The second-order valence-electron chi connectivity index (χ2n) is 13.5. The number of Topliss-reactive ketones (excluding diaryl/α,β-unsaturated/α-hetero) is 1. The van der Waals surface area contributed by atoms with E-state index in [-0.39, 0.29) is 5.56 Å². The number of carbonyl (C=O) groups excluding carboxylic acids is 1. The van der Waals surface area contributed by atoms with Gasteiger partial charge in [0.2, 0.25) is 0 Å². The normalized spacial score (nSPS) is 11.2. The number of hydrogen-bond acceptors (Lipinski definition) is 3. The summed E-state index contributed by atoms with van der Waals surface area (Å²) in [5, 5.41) is 19.0. The van der Waals surface area contributed by atoms with Gasteiger partial charge in [0.25, 0.3) is 0 Å². The summed E-state index contributed by atoms with van der Waals surface area (Å²) in [4.78, 5) is 22.8. The average Bonchev–Trinajstić information content (AvgIpc) is 3.01. The molecule has 0 bridgehead atoms. The van der Waals surface area contributed by atoms with Crippen molar-refractivity contribution in [3.8, 4) is 5.75 Å². The lowest BCUT2D eigenvalue weighted by atomic mass is 10.0. The van der Waals surface area contributed by atoms with Gasteiger partial charge >= 0.3 is 5.97 Å². The minimum atomic E-state index is -1.18. The van der Waals surface area contributed by atoms with E-state index in [9.17, 15) is 14.7 Å². The smallest absolute Gasteiger partial charge is 0.335 e. The number of carbonyl (C=O) groups is 2. The molecule has 5 nitrogen and oxygen atoms in total. The third-order valence-corrected chi connectivity index (χ3v) is 8.60. The van der Waals surface area contributed by atoms with E-state index in [0.717, 1.165) is 23.0 Å². The Bertz CT molecular complexity index is 1050. The number of para-hydroxylation sites is 1. The number of nitrogens with zero attached hydrogens (tertiary/aromatic N) is 1. The Morgan fingerprint density at radius 1 is 0.644 bits per heavy atom. The topological polar surface area (TPSA) is 77.4 Å². The Hall–Kier alpha value is -2.66. The van der Waals surface area contributed by atoms with Crippen molar-refractivity contribution in [3.63, 3.8) is 0 Å². The van der Waals surface area contributed by atoms with E-state index in [2.05, 4.69) is 46.1 Å². The highest BCUT2D eigenvalue weighted by Crippen LogP contribution is 2.17. The van der Waals surface area contributed by atoms with Crippen molar-refractivity contribution in [3.05, 3.63) is 65.2 Å². The third kappa shape index (κ3) is 20.9. The zero-order chi connectivity index (χ0) is 33.2. The monoisotopic (exact) mass is 623 g/mol. The first-order chi connectivity index (χ1) is 21.7. The van der Waals surface area contributed by atoms with Crippen molar-refractivity contribution >= 4 is 11.8 Å². The molecule has 0 amide bonds. The molecule has 0 aliphatic rings. The van der Waals surface area contributed by atoms with Crippen LogP contribution in [0.15, 0.2) is 48.5 Å². The van der Waals surface area contributed by atoms with Crippen molar-refractivity contribution in [2.45, 2.75) is 149 Å². The average molecular weight is 624 g/mol. The van der Waals surface area contributed by atoms with Gasteiger partial charge in [-0.3, -0.25) is 4.79 Å².